The van der Waals surface area contributed by atoms with Crippen LogP contribution in [0, 0.1) is 27.7 Å². The van der Waals surface area contributed by atoms with Crippen molar-refractivity contribution in [1.82, 2.24) is 19.9 Å². The predicted molar refractivity (Wildman–Crippen MR) is 261 cm³/mol. The van der Waals surface area contributed by atoms with E-state index in [1.165, 1.54) is 54.9 Å². The highest BCUT2D eigenvalue weighted by Crippen LogP contribution is 2.45. The molecule has 4 aromatic heterocycles. The Labute approximate surface area is 368 Å². The Bertz CT molecular complexity index is 2950. The molecule has 4 N–H and O–H groups in total. The zero-order valence-electron chi connectivity index (χ0n) is 36.4. The van der Waals surface area contributed by atoms with Gasteiger partial charge in [-0.05, 0) is 104 Å². The quantitative estimate of drug-likeness (QED) is 0.0824. The predicted octanol–water partition coefficient (Wildman–Crippen LogP) is 13.9. The number of para-hydroxylation sites is 4. The standard InChI is InChI=1S/C57H52N4O2/c1-7-29-62-50-27-25-38(32-44(50)52(54-34(3)40-17-9-13-21-46(40)58-54)55-35(4)41-18-10-14-22-47(41)59-55)31-39-26-28-51(63-30-8-2)45(33-39)53(56-36(5)42-19-11-15-23-48(42)60-56)57-37(6)43-20-12-16-24-49(43)61-57/h7-28,32-33,52-53,58-61H,1-2,29-31H2,3-6H3. The number of benzene rings is 6. The molecule has 0 aliphatic carbocycles. The molecule has 6 heteroatoms. The van der Waals surface area contributed by atoms with Crippen molar-refractivity contribution in [2.75, 3.05) is 13.2 Å². The summed E-state index contributed by atoms with van der Waals surface area (Å²) in [7, 11) is 0. The maximum Gasteiger partial charge on any atom is 0.124 e. The summed E-state index contributed by atoms with van der Waals surface area (Å²) in [4.78, 5) is 15.5. The minimum Gasteiger partial charge on any atom is -0.489 e. The minimum absolute atomic E-state index is 0.172. The molecule has 63 heavy (non-hydrogen) atoms. The molecule has 0 spiro atoms. The van der Waals surface area contributed by atoms with E-state index in [1.54, 1.807) is 0 Å². The van der Waals surface area contributed by atoms with Crippen molar-refractivity contribution in [2.45, 2.75) is 46.0 Å². The summed E-state index contributed by atoms with van der Waals surface area (Å²) >= 11 is 0. The third-order valence-electron chi connectivity index (χ3n) is 13.1. The summed E-state index contributed by atoms with van der Waals surface area (Å²) in [5, 5.41) is 4.86. The van der Waals surface area contributed by atoms with Crippen LogP contribution in [0.25, 0.3) is 43.6 Å². The van der Waals surface area contributed by atoms with Crippen LogP contribution in [0.5, 0.6) is 11.5 Å². The van der Waals surface area contributed by atoms with Crippen LogP contribution in [0.15, 0.2) is 159 Å². The summed E-state index contributed by atoms with van der Waals surface area (Å²) in [5.41, 5.74) is 18.4. The molecule has 0 aliphatic heterocycles. The fourth-order valence-electron chi connectivity index (χ4n) is 9.94. The SMILES string of the molecule is C=CCOc1ccc(Cc2ccc(OCC=C)c(C(c3[nH]c4ccccc4c3C)c3[nH]c4ccccc4c3C)c2)cc1C(c1[nH]c2ccccc2c1C)c1[nH]c2ccccc2c1C. The number of fused-ring (bicyclic) bond motifs is 4. The number of rotatable bonds is 14. The lowest BCUT2D eigenvalue weighted by molar-refractivity contribution is 0.358. The van der Waals surface area contributed by atoms with E-state index in [1.807, 2.05) is 12.2 Å². The number of nitrogens with one attached hydrogen (secondary N) is 4. The van der Waals surface area contributed by atoms with Gasteiger partial charge in [-0.1, -0.05) is 122 Å². The Balaban J connectivity index is 1.15. The van der Waals surface area contributed by atoms with Gasteiger partial charge in [0.1, 0.15) is 24.7 Å². The van der Waals surface area contributed by atoms with Crippen LogP contribution < -0.4 is 9.47 Å². The van der Waals surface area contributed by atoms with Crippen molar-refractivity contribution in [3.05, 3.63) is 226 Å². The first-order valence-electron chi connectivity index (χ1n) is 21.8. The number of aromatic nitrogens is 4. The van der Waals surface area contributed by atoms with E-state index in [4.69, 9.17) is 9.47 Å². The van der Waals surface area contributed by atoms with Gasteiger partial charge in [-0.15, -0.1) is 0 Å². The van der Waals surface area contributed by atoms with Gasteiger partial charge in [0.25, 0.3) is 0 Å². The number of aryl methyl sites for hydroxylation is 4. The highest BCUT2D eigenvalue weighted by molar-refractivity contribution is 5.89. The smallest absolute Gasteiger partial charge is 0.124 e. The second-order valence-electron chi connectivity index (χ2n) is 16.8. The van der Waals surface area contributed by atoms with Gasteiger partial charge in [0.2, 0.25) is 0 Å². The molecule has 6 aromatic carbocycles. The van der Waals surface area contributed by atoms with Crippen LogP contribution in [0.2, 0.25) is 0 Å². The Kier molecular flexibility index (Phi) is 10.4. The Hall–Kier alpha value is -7.44. The first-order valence-corrected chi connectivity index (χ1v) is 21.8. The molecule has 0 atom stereocenters. The van der Waals surface area contributed by atoms with Crippen LogP contribution in [-0.2, 0) is 6.42 Å². The molecular formula is C57H52N4O2. The largest absolute Gasteiger partial charge is 0.489 e. The number of ether oxygens (including phenoxy) is 2. The van der Waals surface area contributed by atoms with E-state index in [0.29, 0.717) is 19.6 Å². The fourth-order valence-corrected chi connectivity index (χ4v) is 9.94. The third kappa shape index (κ3) is 7.02. The van der Waals surface area contributed by atoms with Crippen LogP contribution in [0.1, 0.15) is 79.1 Å². The van der Waals surface area contributed by atoms with E-state index in [-0.39, 0.29) is 11.8 Å². The van der Waals surface area contributed by atoms with Crippen molar-refractivity contribution in [2.24, 2.45) is 0 Å². The molecule has 6 nitrogen and oxygen atoms in total. The average molecular weight is 825 g/mol. The lowest BCUT2D eigenvalue weighted by Crippen LogP contribution is -2.11. The topological polar surface area (TPSA) is 81.6 Å². The van der Waals surface area contributed by atoms with E-state index in [0.717, 1.165) is 67.5 Å². The van der Waals surface area contributed by atoms with Crippen molar-refractivity contribution < 1.29 is 9.47 Å². The van der Waals surface area contributed by atoms with Gasteiger partial charge in [0, 0.05) is 77.5 Å². The average Bonchev–Trinajstić information content (AvgIpc) is 4.04. The van der Waals surface area contributed by atoms with E-state index < -0.39 is 0 Å². The maximum atomic E-state index is 6.54. The molecule has 0 bridgehead atoms. The van der Waals surface area contributed by atoms with Crippen LogP contribution in [-0.4, -0.2) is 33.1 Å². The molecule has 0 radical (unpaired) electrons. The van der Waals surface area contributed by atoms with Crippen LogP contribution in [0.3, 0.4) is 0 Å². The summed E-state index contributed by atoms with van der Waals surface area (Å²) in [6.07, 6.45) is 4.32. The van der Waals surface area contributed by atoms with Crippen molar-refractivity contribution in [1.29, 1.82) is 0 Å². The van der Waals surface area contributed by atoms with Gasteiger partial charge in [-0.3, -0.25) is 0 Å². The molecule has 0 fully saturated rings. The van der Waals surface area contributed by atoms with Gasteiger partial charge >= 0.3 is 0 Å². The number of hydrogen-bond donors (Lipinski definition) is 4. The Morgan fingerprint density at radius 2 is 0.730 bits per heavy atom. The van der Waals surface area contributed by atoms with Gasteiger partial charge in [-0.2, -0.15) is 0 Å². The third-order valence-corrected chi connectivity index (χ3v) is 13.1. The summed E-state index contributed by atoms with van der Waals surface area (Å²) < 4.78 is 13.1. The van der Waals surface area contributed by atoms with E-state index in [9.17, 15) is 0 Å². The molecule has 0 aliphatic rings. The summed E-state index contributed by atoms with van der Waals surface area (Å²) in [6, 6.07) is 47.7. The Morgan fingerprint density at radius 1 is 0.429 bits per heavy atom. The van der Waals surface area contributed by atoms with Crippen molar-refractivity contribution in [3.8, 4) is 11.5 Å². The van der Waals surface area contributed by atoms with Gasteiger partial charge in [0.15, 0.2) is 0 Å². The normalized spacial score (nSPS) is 11.8. The summed E-state index contributed by atoms with van der Waals surface area (Å²) in [5.74, 6) is 1.32. The van der Waals surface area contributed by atoms with Crippen molar-refractivity contribution in [3.63, 3.8) is 0 Å². The first kappa shape index (κ1) is 39.7. The second-order valence-corrected chi connectivity index (χ2v) is 16.8. The monoisotopic (exact) mass is 824 g/mol. The van der Waals surface area contributed by atoms with Gasteiger partial charge < -0.3 is 29.4 Å². The minimum atomic E-state index is -0.172. The summed E-state index contributed by atoms with van der Waals surface area (Å²) in [6.45, 7) is 17.7. The molecule has 0 saturated heterocycles. The van der Waals surface area contributed by atoms with E-state index in [2.05, 4.69) is 194 Å². The lowest BCUT2D eigenvalue weighted by Gasteiger charge is -2.23. The molecular weight excluding hydrogens is 773 g/mol. The van der Waals surface area contributed by atoms with Crippen LogP contribution in [0.4, 0.5) is 0 Å². The number of aromatic amines is 4. The number of H-pyrrole nitrogens is 4. The molecule has 0 saturated carbocycles. The van der Waals surface area contributed by atoms with E-state index >= 15 is 0 Å². The highest BCUT2D eigenvalue weighted by atomic mass is 16.5. The zero-order chi connectivity index (χ0) is 43.2. The molecule has 10 rings (SSSR count). The number of hydrogen-bond acceptors (Lipinski definition) is 2. The Morgan fingerprint density at radius 3 is 1.02 bits per heavy atom. The van der Waals surface area contributed by atoms with Crippen molar-refractivity contribution >= 4 is 43.6 Å². The maximum absolute atomic E-state index is 6.54. The molecule has 10 aromatic rings. The van der Waals surface area contributed by atoms with Crippen LogP contribution >= 0.6 is 0 Å². The second kappa shape index (κ2) is 16.4. The molecule has 312 valence electrons. The fraction of sp³-hybridized carbons (Fsp3) is 0.158. The highest BCUT2D eigenvalue weighted by Gasteiger charge is 2.31. The molecule has 4 heterocycles. The molecule has 0 unspecified atom stereocenters. The first-order chi connectivity index (χ1) is 30.8. The van der Waals surface area contributed by atoms with Gasteiger partial charge in [0.05, 0.1) is 11.8 Å². The molecule has 0 amide bonds. The lowest BCUT2D eigenvalue weighted by atomic mass is 9.85. The van der Waals surface area contributed by atoms with Gasteiger partial charge in [-0.25, -0.2) is 0 Å². The zero-order valence-corrected chi connectivity index (χ0v) is 36.4.